The van der Waals surface area contributed by atoms with Crippen molar-refractivity contribution in [1.29, 1.82) is 0 Å². The molecule has 2 N–H and O–H groups in total. The Morgan fingerprint density at radius 2 is 2.22 bits per heavy atom. The molecule has 0 atom stereocenters. The normalized spacial score (nSPS) is 11.7. The SMILES string of the molecule is CC(C)(C)c1csc(Cn2cnc(C(N)=S)n2)n1. The minimum absolute atomic E-state index is 0.0705. The maximum absolute atomic E-state index is 5.46. The number of thiazole rings is 1. The average Bonchev–Trinajstić information content (AvgIpc) is 2.85. The quantitative estimate of drug-likeness (QED) is 0.867. The smallest absolute Gasteiger partial charge is 0.208 e. The summed E-state index contributed by atoms with van der Waals surface area (Å²) in [4.78, 5) is 8.84. The molecular formula is C11H15N5S2. The van der Waals surface area contributed by atoms with Gasteiger partial charge in [0.25, 0.3) is 0 Å². The van der Waals surface area contributed by atoms with E-state index in [1.165, 1.54) is 0 Å². The van der Waals surface area contributed by atoms with Gasteiger partial charge in [0.1, 0.15) is 16.3 Å². The lowest BCUT2D eigenvalue weighted by Crippen LogP contribution is -2.13. The van der Waals surface area contributed by atoms with Gasteiger partial charge in [-0.3, -0.25) is 0 Å². The predicted molar refractivity (Wildman–Crippen MR) is 75.8 cm³/mol. The van der Waals surface area contributed by atoms with Crippen LogP contribution < -0.4 is 5.73 Å². The molecule has 0 amide bonds. The summed E-state index contributed by atoms with van der Waals surface area (Å²) in [7, 11) is 0. The highest BCUT2D eigenvalue weighted by molar-refractivity contribution is 7.80. The third-order valence-electron chi connectivity index (χ3n) is 2.37. The number of aromatic nitrogens is 4. The van der Waals surface area contributed by atoms with Gasteiger partial charge in [0.05, 0.1) is 12.2 Å². The minimum Gasteiger partial charge on any atom is -0.387 e. The van der Waals surface area contributed by atoms with Crippen molar-refractivity contribution in [3.8, 4) is 0 Å². The molecule has 0 bridgehead atoms. The van der Waals surface area contributed by atoms with Crippen LogP contribution >= 0.6 is 23.6 Å². The molecule has 0 spiro atoms. The largest absolute Gasteiger partial charge is 0.387 e. The summed E-state index contributed by atoms with van der Waals surface area (Å²) in [6, 6.07) is 0. The number of nitrogens with two attached hydrogens (primary N) is 1. The highest BCUT2D eigenvalue weighted by Gasteiger charge is 2.17. The predicted octanol–water partition coefficient (Wildman–Crippen LogP) is 1.71. The number of thiocarbonyl (C=S) groups is 1. The third-order valence-corrected chi connectivity index (χ3v) is 3.39. The molecule has 2 aromatic rings. The second-order valence-corrected chi connectivity index (χ2v) is 6.39. The molecule has 96 valence electrons. The van der Waals surface area contributed by atoms with Crippen molar-refractivity contribution in [2.24, 2.45) is 5.73 Å². The fourth-order valence-corrected chi connectivity index (χ4v) is 2.46. The van der Waals surface area contributed by atoms with Crippen molar-refractivity contribution >= 4 is 28.5 Å². The topological polar surface area (TPSA) is 69.6 Å². The van der Waals surface area contributed by atoms with E-state index in [1.807, 2.05) is 0 Å². The zero-order valence-corrected chi connectivity index (χ0v) is 12.2. The van der Waals surface area contributed by atoms with Gasteiger partial charge in [-0.15, -0.1) is 16.4 Å². The van der Waals surface area contributed by atoms with Crippen LogP contribution in [0.2, 0.25) is 0 Å². The molecule has 5 nitrogen and oxygen atoms in total. The van der Waals surface area contributed by atoms with E-state index >= 15 is 0 Å². The van der Waals surface area contributed by atoms with Gasteiger partial charge in [0, 0.05) is 10.8 Å². The van der Waals surface area contributed by atoms with Crippen LogP contribution in [-0.2, 0) is 12.0 Å². The molecule has 0 radical (unpaired) electrons. The average molecular weight is 281 g/mol. The molecule has 0 aliphatic rings. The van der Waals surface area contributed by atoms with E-state index < -0.39 is 0 Å². The highest BCUT2D eigenvalue weighted by Crippen LogP contribution is 2.24. The Balaban J connectivity index is 2.14. The lowest BCUT2D eigenvalue weighted by molar-refractivity contribution is 0.567. The summed E-state index contributed by atoms with van der Waals surface area (Å²) in [6.07, 6.45) is 1.62. The Bertz CT molecular complexity index is 564. The van der Waals surface area contributed by atoms with Crippen molar-refractivity contribution in [3.63, 3.8) is 0 Å². The maximum Gasteiger partial charge on any atom is 0.208 e. The first-order valence-corrected chi connectivity index (χ1v) is 6.79. The van der Waals surface area contributed by atoms with Gasteiger partial charge >= 0.3 is 0 Å². The lowest BCUT2D eigenvalue weighted by atomic mass is 9.93. The zero-order chi connectivity index (χ0) is 13.3. The van der Waals surface area contributed by atoms with Gasteiger partial charge in [-0.25, -0.2) is 14.6 Å². The summed E-state index contributed by atoms with van der Waals surface area (Å²) in [5.41, 5.74) is 6.63. The number of hydrogen-bond acceptors (Lipinski definition) is 5. The van der Waals surface area contributed by atoms with E-state index in [0.717, 1.165) is 10.7 Å². The van der Waals surface area contributed by atoms with Crippen LogP contribution in [0.5, 0.6) is 0 Å². The van der Waals surface area contributed by atoms with Crippen LogP contribution in [0, 0.1) is 0 Å². The van der Waals surface area contributed by atoms with Gasteiger partial charge in [0.2, 0.25) is 5.82 Å². The van der Waals surface area contributed by atoms with Crippen LogP contribution in [0.3, 0.4) is 0 Å². The van der Waals surface area contributed by atoms with E-state index in [1.54, 1.807) is 22.3 Å². The number of hydrogen-bond donors (Lipinski definition) is 1. The van der Waals surface area contributed by atoms with Crippen LogP contribution in [0.1, 0.15) is 37.3 Å². The summed E-state index contributed by atoms with van der Waals surface area (Å²) in [5, 5.41) is 7.27. The summed E-state index contributed by atoms with van der Waals surface area (Å²) in [5.74, 6) is 0.401. The first-order valence-electron chi connectivity index (χ1n) is 5.50. The molecule has 18 heavy (non-hydrogen) atoms. The molecule has 2 heterocycles. The van der Waals surface area contributed by atoms with E-state index in [9.17, 15) is 0 Å². The zero-order valence-electron chi connectivity index (χ0n) is 10.5. The van der Waals surface area contributed by atoms with Crippen LogP contribution in [0.15, 0.2) is 11.7 Å². The highest BCUT2D eigenvalue weighted by atomic mass is 32.1. The molecule has 2 rings (SSSR count). The Kier molecular flexibility index (Phi) is 3.45. The Morgan fingerprint density at radius 1 is 1.50 bits per heavy atom. The molecule has 0 saturated carbocycles. The fourth-order valence-electron chi connectivity index (χ4n) is 1.35. The first kappa shape index (κ1) is 13.1. The van der Waals surface area contributed by atoms with Crippen molar-refractivity contribution in [1.82, 2.24) is 19.7 Å². The first-order chi connectivity index (χ1) is 8.36. The Hall–Kier alpha value is -1.34. The second kappa shape index (κ2) is 4.74. The monoisotopic (exact) mass is 281 g/mol. The summed E-state index contributed by atoms with van der Waals surface area (Å²) in [6.45, 7) is 7.03. The molecule has 2 aromatic heterocycles. The van der Waals surface area contributed by atoms with Crippen molar-refractivity contribution < 1.29 is 0 Å². The lowest BCUT2D eigenvalue weighted by Gasteiger charge is -2.14. The van der Waals surface area contributed by atoms with Gasteiger partial charge in [0.15, 0.2) is 0 Å². The maximum atomic E-state index is 5.46. The van der Waals surface area contributed by atoms with Gasteiger partial charge < -0.3 is 5.73 Å². The van der Waals surface area contributed by atoms with Gasteiger partial charge in [-0.05, 0) is 0 Å². The van der Waals surface area contributed by atoms with Gasteiger partial charge in [-0.2, -0.15) is 0 Å². The van der Waals surface area contributed by atoms with E-state index in [2.05, 4.69) is 41.2 Å². The van der Waals surface area contributed by atoms with Crippen molar-refractivity contribution in [2.45, 2.75) is 32.7 Å². The molecular weight excluding hydrogens is 266 g/mol. The molecule has 7 heteroatoms. The molecule has 0 aromatic carbocycles. The fraction of sp³-hybridized carbons (Fsp3) is 0.455. The minimum atomic E-state index is 0.0705. The Morgan fingerprint density at radius 3 is 2.72 bits per heavy atom. The number of rotatable bonds is 3. The van der Waals surface area contributed by atoms with Crippen LogP contribution in [0.25, 0.3) is 0 Å². The molecule has 0 saturated heterocycles. The van der Waals surface area contributed by atoms with E-state index in [-0.39, 0.29) is 10.4 Å². The van der Waals surface area contributed by atoms with Crippen LogP contribution in [0.4, 0.5) is 0 Å². The summed E-state index contributed by atoms with van der Waals surface area (Å²) >= 11 is 6.44. The molecule has 0 aliphatic heterocycles. The van der Waals surface area contributed by atoms with Crippen molar-refractivity contribution in [3.05, 3.63) is 28.2 Å². The van der Waals surface area contributed by atoms with Crippen molar-refractivity contribution in [2.75, 3.05) is 0 Å². The molecule has 0 aliphatic carbocycles. The standard InChI is InChI=1S/C11H15N5S2/c1-11(2,3)7-5-18-8(14-7)4-16-6-13-10(15-16)9(12)17/h5-6H,4H2,1-3H3,(H2,12,17). The van der Waals surface area contributed by atoms with Crippen LogP contribution in [-0.4, -0.2) is 24.7 Å². The third kappa shape index (κ3) is 2.91. The van der Waals surface area contributed by atoms with E-state index in [0.29, 0.717) is 12.4 Å². The van der Waals surface area contributed by atoms with Gasteiger partial charge in [-0.1, -0.05) is 33.0 Å². The number of nitrogens with zero attached hydrogens (tertiary/aromatic N) is 4. The molecule has 0 unspecified atom stereocenters. The van der Waals surface area contributed by atoms with E-state index in [4.69, 9.17) is 18.0 Å². The second-order valence-electron chi connectivity index (χ2n) is 5.01. The molecule has 0 fully saturated rings. The Labute approximate surface area is 115 Å². The summed E-state index contributed by atoms with van der Waals surface area (Å²) < 4.78 is 1.69.